The molecule has 126 valence electrons. The smallest absolute Gasteiger partial charge is 0.308 e. The Kier molecular flexibility index (Phi) is 6.55. The molecule has 0 aliphatic carbocycles. The Morgan fingerprint density at radius 3 is 2.17 bits per heavy atom. The monoisotopic (exact) mass is 326 g/mol. The van der Waals surface area contributed by atoms with Crippen LogP contribution >= 0.6 is 0 Å². The molecule has 4 nitrogen and oxygen atoms in total. The van der Waals surface area contributed by atoms with Crippen LogP contribution in [-0.2, 0) is 9.53 Å². The molecule has 0 spiro atoms. The van der Waals surface area contributed by atoms with Gasteiger partial charge in [-0.05, 0) is 30.7 Å². The quantitative estimate of drug-likeness (QED) is 0.419. The van der Waals surface area contributed by atoms with Crippen LogP contribution in [0.2, 0.25) is 0 Å². The number of benzene rings is 2. The summed E-state index contributed by atoms with van der Waals surface area (Å²) in [5.74, 6) is 0.321. The topological polar surface area (TPSA) is 52.6 Å². The van der Waals surface area contributed by atoms with Crippen LogP contribution in [0.1, 0.15) is 36.2 Å². The largest absolute Gasteiger partial charge is 0.490 e. The molecule has 0 N–H and O–H groups in total. The zero-order valence-corrected chi connectivity index (χ0v) is 14.0. The first-order chi connectivity index (χ1) is 11.6. The van der Waals surface area contributed by atoms with Crippen molar-refractivity contribution in [1.82, 2.24) is 0 Å². The molecular formula is C20H22O4. The molecule has 2 rings (SSSR count). The van der Waals surface area contributed by atoms with Crippen molar-refractivity contribution in [1.29, 1.82) is 0 Å². The van der Waals surface area contributed by atoms with Crippen molar-refractivity contribution in [2.45, 2.75) is 20.3 Å². The zero-order chi connectivity index (χ0) is 17.4. The first kappa shape index (κ1) is 17.7. The fraction of sp³-hybridized carbons (Fsp3) is 0.300. The van der Waals surface area contributed by atoms with E-state index in [0.29, 0.717) is 16.9 Å². The minimum absolute atomic E-state index is 0.0235. The van der Waals surface area contributed by atoms with Gasteiger partial charge in [0.15, 0.2) is 5.78 Å². The highest BCUT2D eigenvalue weighted by atomic mass is 16.6. The SMILES string of the molecule is CCC(C)C(=O)OCCOc1ccc(C(=O)c2ccccc2)cc1. The molecule has 0 radical (unpaired) electrons. The lowest BCUT2D eigenvalue weighted by atomic mass is 10.0. The van der Waals surface area contributed by atoms with Gasteiger partial charge in [0.25, 0.3) is 0 Å². The number of ketones is 1. The highest BCUT2D eigenvalue weighted by Crippen LogP contribution is 2.15. The lowest BCUT2D eigenvalue weighted by molar-refractivity contribution is -0.148. The molecule has 0 bridgehead atoms. The van der Waals surface area contributed by atoms with E-state index in [9.17, 15) is 9.59 Å². The Labute approximate surface area is 142 Å². The molecule has 0 aliphatic rings. The van der Waals surface area contributed by atoms with E-state index < -0.39 is 0 Å². The van der Waals surface area contributed by atoms with Crippen molar-refractivity contribution in [3.63, 3.8) is 0 Å². The summed E-state index contributed by atoms with van der Waals surface area (Å²) in [5.41, 5.74) is 1.26. The predicted octanol–water partition coefficient (Wildman–Crippen LogP) is 3.89. The second-order valence-electron chi connectivity index (χ2n) is 5.54. The van der Waals surface area contributed by atoms with Crippen molar-refractivity contribution in [3.05, 3.63) is 65.7 Å². The summed E-state index contributed by atoms with van der Waals surface area (Å²) in [7, 11) is 0. The normalized spacial score (nSPS) is 11.6. The maximum atomic E-state index is 12.3. The third-order valence-electron chi connectivity index (χ3n) is 3.76. The fourth-order valence-electron chi connectivity index (χ4n) is 2.07. The molecule has 0 fully saturated rings. The van der Waals surface area contributed by atoms with Crippen molar-refractivity contribution >= 4 is 11.8 Å². The first-order valence-corrected chi connectivity index (χ1v) is 8.11. The lowest BCUT2D eigenvalue weighted by Gasteiger charge is -2.10. The summed E-state index contributed by atoms with van der Waals surface area (Å²) >= 11 is 0. The second kappa shape index (κ2) is 8.87. The zero-order valence-electron chi connectivity index (χ0n) is 14.0. The Hall–Kier alpha value is -2.62. The minimum atomic E-state index is -0.204. The van der Waals surface area contributed by atoms with Gasteiger partial charge in [-0.25, -0.2) is 0 Å². The van der Waals surface area contributed by atoms with Crippen LogP contribution < -0.4 is 4.74 Å². The van der Waals surface area contributed by atoms with E-state index in [1.165, 1.54) is 0 Å². The van der Waals surface area contributed by atoms with E-state index >= 15 is 0 Å². The van der Waals surface area contributed by atoms with Gasteiger partial charge in [-0.1, -0.05) is 44.2 Å². The summed E-state index contributed by atoms with van der Waals surface area (Å²) in [6.07, 6.45) is 0.761. The van der Waals surface area contributed by atoms with E-state index in [1.807, 2.05) is 32.0 Å². The first-order valence-electron chi connectivity index (χ1n) is 8.11. The van der Waals surface area contributed by atoms with Crippen molar-refractivity contribution in [2.75, 3.05) is 13.2 Å². The summed E-state index contributed by atoms with van der Waals surface area (Å²) < 4.78 is 10.6. The molecule has 0 heterocycles. The summed E-state index contributed by atoms with van der Waals surface area (Å²) in [6, 6.07) is 16.1. The maximum absolute atomic E-state index is 12.3. The predicted molar refractivity (Wildman–Crippen MR) is 92.2 cm³/mol. The third kappa shape index (κ3) is 4.95. The van der Waals surface area contributed by atoms with Gasteiger partial charge in [0.1, 0.15) is 19.0 Å². The van der Waals surface area contributed by atoms with Crippen LogP contribution in [0.3, 0.4) is 0 Å². The molecular weight excluding hydrogens is 304 g/mol. The number of carbonyl (C=O) groups excluding carboxylic acids is 2. The molecule has 4 heteroatoms. The maximum Gasteiger partial charge on any atom is 0.308 e. The lowest BCUT2D eigenvalue weighted by Crippen LogP contribution is -2.17. The number of hydrogen-bond donors (Lipinski definition) is 0. The average Bonchev–Trinajstić information content (AvgIpc) is 2.65. The van der Waals surface area contributed by atoms with Gasteiger partial charge in [-0.3, -0.25) is 9.59 Å². The summed E-state index contributed by atoms with van der Waals surface area (Å²) in [6.45, 7) is 4.29. The van der Waals surface area contributed by atoms with Gasteiger partial charge >= 0.3 is 5.97 Å². The number of carbonyl (C=O) groups is 2. The van der Waals surface area contributed by atoms with E-state index in [-0.39, 0.29) is 30.9 Å². The van der Waals surface area contributed by atoms with Gasteiger partial charge < -0.3 is 9.47 Å². The number of hydrogen-bond acceptors (Lipinski definition) is 4. The number of ether oxygens (including phenoxy) is 2. The molecule has 1 atom stereocenters. The molecule has 1 unspecified atom stereocenters. The summed E-state index contributed by atoms with van der Waals surface area (Å²) in [5, 5.41) is 0. The molecule has 0 aromatic heterocycles. The van der Waals surface area contributed by atoms with Crippen LogP contribution in [0.25, 0.3) is 0 Å². The Balaban J connectivity index is 1.82. The van der Waals surface area contributed by atoms with Crippen molar-refractivity contribution in [3.8, 4) is 5.75 Å². The van der Waals surface area contributed by atoms with Crippen LogP contribution in [0.15, 0.2) is 54.6 Å². The van der Waals surface area contributed by atoms with Gasteiger partial charge in [-0.2, -0.15) is 0 Å². The summed E-state index contributed by atoms with van der Waals surface area (Å²) in [4.78, 5) is 23.8. The van der Waals surface area contributed by atoms with Crippen LogP contribution in [0, 0.1) is 5.92 Å². The molecule has 0 saturated carbocycles. The minimum Gasteiger partial charge on any atom is -0.490 e. The average molecular weight is 326 g/mol. The standard InChI is InChI=1S/C20H22O4/c1-3-15(2)20(22)24-14-13-23-18-11-9-17(10-12-18)19(21)16-7-5-4-6-8-16/h4-12,15H,3,13-14H2,1-2H3. The van der Waals surface area contributed by atoms with Crippen LogP contribution in [0.5, 0.6) is 5.75 Å². The second-order valence-corrected chi connectivity index (χ2v) is 5.54. The third-order valence-corrected chi connectivity index (χ3v) is 3.76. The highest BCUT2D eigenvalue weighted by molar-refractivity contribution is 6.08. The van der Waals surface area contributed by atoms with E-state index in [4.69, 9.17) is 9.47 Å². The molecule has 0 amide bonds. The molecule has 0 aliphatic heterocycles. The highest BCUT2D eigenvalue weighted by Gasteiger charge is 2.11. The Morgan fingerprint density at radius 1 is 0.917 bits per heavy atom. The van der Waals surface area contributed by atoms with Gasteiger partial charge in [0.05, 0.1) is 5.92 Å². The Bertz CT molecular complexity index is 662. The van der Waals surface area contributed by atoms with Crippen molar-refractivity contribution in [2.24, 2.45) is 5.92 Å². The van der Waals surface area contributed by atoms with Crippen LogP contribution in [0.4, 0.5) is 0 Å². The fourth-order valence-corrected chi connectivity index (χ4v) is 2.07. The molecule has 24 heavy (non-hydrogen) atoms. The van der Waals surface area contributed by atoms with E-state index in [2.05, 4.69) is 0 Å². The van der Waals surface area contributed by atoms with Gasteiger partial charge in [0, 0.05) is 11.1 Å². The van der Waals surface area contributed by atoms with Crippen molar-refractivity contribution < 1.29 is 19.1 Å². The van der Waals surface area contributed by atoms with Gasteiger partial charge in [0.2, 0.25) is 0 Å². The van der Waals surface area contributed by atoms with Crippen LogP contribution in [-0.4, -0.2) is 25.0 Å². The number of esters is 1. The molecule has 2 aromatic rings. The number of rotatable bonds is 8. The molecule has 0 saturated heterocycles. The molecule has 2 aromatic carbocycles. The Morgan fingerprint density at radius 2 is 1.54 bits per heavy atom. The van der Waals surface area contributed by atoms with E-state index in [0.717, 1.165) is 6.42 Å². The van der Waals surface area contributed by atoms with E-state index in [1.54, 1.807) is 36.4 Å². The van der Waals surface area contributed by atoms with Gasteiger partial charge in [-0.15, -0.1) is 0 Å².